The number of allylic oxidation sites excluding steroid dienone is 2. The summed E-state index contributed by atoms with van der Waals surface area (Å²) in [5.74, 6) is 0. The molecule has 0 radical (unpaired) electrons. The van der Waals surface area contributed by atoms with E-state index in [1.807, 2.05) is 33.8 Å². The molecule has 1 heterocycles. The SMILES string of the molecule is C/C(=C/CO)CCC=C1CCN(C(=O)OC(C)(C)C)CC1. The number of nitrogens with zero attached hydrogens (tertiary/aromatic N) is 1. The Morgan fingerprint density at radius 1 is 1.33 bits per heavy atom. The van der Waals surface area contributed by atoms with Crippen molar-refractivity contribution in [2.75, 3.05) is 19.7 Å². The van der Waals surface area contributed by atoms with Gasteiger partial charge in [0.1, 0.15) is 5.60 Å². The molecule has 0 aromatic heterocycles. The normalized spacial score (nSPS) is 16.9. The Labute approximate surface area is 128 Å². The van der Waals surface area contributed by atoms with E-state index in [9.17, 15) is 4.79 Å². The Morgan fingerprint density at radius 2 is 1.95 bits per heavy atom. The van der Waals surface area contributed by atoms with Gasteiger partial charge in [-0.3, -0.25) is 0 Å². The molecule has 1 saturated heterocycles. The monoisotopic (exact) mass is 295 g/mol. The number of carbonyl (C=O) groups excluding carboxylic acids is 1. The van der Waals surface area contributed by atoms with Gasteiger partial charge in [-0.15, -0.1) is 0 Å². The Hall–Kier alpha value is -1.29. The number of hydrogen-bond donors (Lipinski definition) is 1. The predicted molar refractivity (Wildman–Crippen MR) is 85.2 cm³/mol. The molecule has 4 heteroatoms. The van der Waals surface area contributed by atoms with Gasteiger partial charge in [0.15, 0.2) is 0 Å². The minimum atomic E-state index is -0.427. The van der Waals surface area contributed by atoms with E-state index >= 15 is 0 Å². The second-order valence-corrected chi connectivity index (χ2v) is 6.60. The first kappa shape index (κ1) is 17.8. The van der Waals surface area contributed by atoms with E-state index in [0.29, 0.717) is 0 Å². The molecule has 0 saturated carbocycles. The van der Waals surface area contributed by atoms with Crippen molar-refractivity contribution in [2.24, 2.45) is 0 Å². The fraction of sp³-hybridized carbons (Fsp3) is 0.706. The van der Waals surface area contributed by atoms with Crippen molar-refractivity contribution < 1.29 is 14.6 Å². The van der Waals surface area contributed by atoms with Crippen molar-refractivity contribution in [1.82, 2.24) is 4.90 Å². The third-order valence-corrected chi connectivity index (χ3v) is 3.47. The van der Waals surface area contributed by atoms with E-state index < -0.39 is 5.60 Å². The molecule has 0 bridgehead atoms. The van der Waals surface area contributed by atoms with Gasteiger partial charge in [0.2, 0.25) is 0 Å². The third kappa shape index (κ3) is 7.32. The maximum atomic E-state index is 11.9. The smallest absolute Gasteiger partial charge is 0.410 e. The van der Waals surface area contributed by atoms with Crippen molar-refractivity contribution in [2.45, 2.75) is 59.0 Å². The summed E-state index contributed by atoms with van der Waals surface area (Å²) in [6.45, 7) is 9.32. The molecule has 1 N–H and O–H groups in total. The van der Waals surface area contributed by atoms with Gasteiger partial charge in [-0.25, -0.2) is 4.79 Å². The van der Waals surface area contributed by atoms with Crippen molar-refractivity contribution in [3.05, 3.63) is 23.3 Å². The lowest BCUT2D eigenvalue weighted by Gasteiger charge is -2.31. The molecule has 0 aliphatic carbocycles. The minimum Gasteiger partial charge on any atom is -0.444 e. The summed E-state index contributed by atoms with van der Waals surface area (Å²) in [6, 6.07) is 0. The fourth-order valence-corrected chi connectivity index (χ4v) is 2.27. The second-order valence-electron chi connectivity index (χ2n) is 6.60. The Morgan fingerprint density at radius 3 is 2.48 bits per heavy atom. The summed E-state index contributed by atoms with van der Waals surface area (Å²) < 4.78 is 5.39. The molecule has 120 valence electrons. The molecule has 0 atom stereocenters. The molecule has 0 spiro atoms. The van der Waals surface area contributed by atoms with Gasteiger partial charge in [-0.1, -0.05) is 23.3 Å². The zero-order valence-corrected chi connectivity index (χ0v) is 13.8. The van der Waals surface area contributed by atoms with Crippen molar-refractivity contribution in [3.8, 4) is 0 Å². The molecular weight excluding hydrogens is 266 g/mol. The van der Waals surface area contributed by atoms with Crippen LogP contribution in [-0.4, -0.2) is 41.4 Å². The zero-order chi connectivity index (χ0) is 15.9. The van der Waals surface area contributed by atoms with Crippen LogP contribution in [0, 0.1) is 0 Å². The fourth-order valence-electron chi connectivity index (χ4n) is 2.27. The zero-order valence-electron chi connectivity index (χ0n) is 13.8. The largest absolute Gasteiger partial charge is 0.444 e. The van der Waals surface area contributed by atoms with E-state index in [4.69, 9.17) is 9.84 Å². The number of aliphatic hydroxyl groups is 1. The average Bonchev–Trinajstić information content (AvgIpc) is 2.38. The quantitative estimate of drug-likeness (QED) is 0.805. The number of amides is 1. The summed E-state index contributed by atoms with van der Waals surface area (Å²) in [4.78, 5) is 13.7. The topological polar surface area (TPSA) is 49.8 Å². The number of ether oxygens (including phenoxy) is 1. The van der Waals surface area contributed by atoms with Gasteiger partial charge in [0.25, 0.3) is 0 Å². The van der Waals surface area contributed by atoms with Gasteiger partial charge < -0.3 is 14.7 Å². The molecule has 1 aliphatic rings. The lowest BCUT2D eigenvalue weighted by molar-refractivity contribution is 0.0236. The number of piperidine rings is 1. The molecular formula is C17H29NO3. The first-order valence-electron chi connectivity index (χ1n) is 7.74. The number of rotatable bonds is 4. The van der Waals surface area contributed by atoms with Crippen molar-refractivity contribution >= 4 is 6.09 Å². The Bertz CT molecular complexity index is 395. The highest BCUT2D eigenvalue weighted by atomic mass is 16.6. The predicted octanol–water partition coefficient (Wildman–Crippen LogP) is 3.66. The van der Waals surface area contributed by atoms with Crippen LogP contribution < -0.4 is 0 Å². The van der Waals surface area contributed by atoms with Crippen molar-refractivity contribution in [3.63, 3.8) is 0 Å². The minimum absolute atomic E-state index is 0.118. The third-order valence-electron chi connectivity index (χ3n) is 3.47. The highest BCUT2D eigenvalue weighted by Crippen LogP contribution is 2.20. The van der Waals surface area contributed by atoms with Gasteiger partial charge in [-0.05, 0) is 53.4 Å². The van der Waals surface area contributed by atoms with Crippen LogP contribution in [0.15, 0.2) is 23.3 Å². The molecule has 1 fully saturated rings. The first-order valence-corrected chi connectivity index (χ1v) is 7.74. The molecule has 4 nitrogen and oxygen atoms in total. The van der Waals surface area contributed by atoms with Crippen LogP contribution in [0.4, 0.5) is 4.79 Å². The molecule has 1 aliphatic heterocycles. The van der Waals surface area contributed by atoms with Crippen LogP contribution in [0.3, 0.4) is 0 Å². The van der Waals surface area contributed by atoms with E-state index in [1.54, 1.807) is 4.90 Å². The van der Waals surface area contributed by atoms with E-state index in [1.165, 1.54) is 11.1 Å². The van der Waals surface area contributed by atoms with Crippen LogP contribution in [0.25, 0.3) is 0 Å². The summed E-state index contributed by atoms with van der Waals surface area (Å²) in [5, 5.41) is 8.81. The van der Waals surface area contributed by atoms with E-state index in [2.05, 4.69) is 6.08 Å². The van der Waals surface area contributed by atoms with Crippen LogP contribution >= 0.6 is 0 Å². The number of carbonyl (C=O) groups is 1. The lowest BCUT2D eigenvalue weighted by Crippen LogP contribution is -2.40. The van der Waals surface area contributed by atoms with E-state index in [0.717, 1.165) is 38.8 Å². The number of hydrogen-bond acceptors (Lipinski definition) is 3. The number of aliphatic hydroxyl groups excluding tert-OH is 1. The maximum Gasteiger partial charge on any atom is 0.410 e. The van der Waals surface area contributed by atoms with Gasteiger partial charge >= 0.3 is 6.09 Å². The molecule has 1 amide bonds. The summed E-state index contributed by atoms with van der Waals surface area (Å²) in [5.41, 5.74) is 2.22. The van der Waals surface area contributed by atoms with E-state index in [-0.39, 0.29) is 12.7 Å². The van der Waals surface area contributed by atoms with Gasteiger partial charge in [0.05, 0.1) is 6.61 Å². The Balaban J connectivity index is 2.35. The van der Waals surface area contributed by atoms with Crippen molar-refractivity contribution in [1.29, 1.82) is 0 Å². The van der Waals surface area contributed by atoms with Crippen LogP contribution in [0.1, 0.15) is 53.4 Å². The van der Waals surface area contributed by atoms with Crippen LogP contribution in [-0.2, 0) is 4.74 Å². The molecule has 0 unspecified atom stereocenters. The van der Waals surface area contributed by atoms with Gasteiger partial charge in [0, 0.05) is 13.1 Å². The summed E-state index contributed by atoms with van der Waals surface area (Å²) in [7, 11) is 0. The van der Waals surface area contributed by atoms with Crippen LogP contribution in [0.2, 0.25) is 0 Å². The summed E-state index contributed by atoms with van der Waals surface area (Å²) in [6.07, 6.45) is 7.78. The highest BCUT2D eigenvalue weighted by molar-refractivity contribution is 5.68. The molecule has 21 heavy (non-hydrogen) atoms. The highest BCUT2D eigenvalue weighted by Gasteiger charge is 2.24. The first-order chi connectivity index (χ1) is 9.81. The van der Waals surface area contributed by atoms with Crippen LogP contribution in [0.5, 0.6) is 0 Å². The molecule has 0 aromatic carbocycles. The Kier molecular flexibility index (Phi) is 6.96. The lowest BCUT2D eigenvalue weighted by atomic mass is 10.0. The molecule has 0 aromatic rings. The maximum absolute atomic E-state index is 11.9. The second kappa shape index (κ2) is 8.23. The average molecular weight is 295 g/mol. The summed E-state index contributed by atoms with van der Waals surface area (Å²) >= 11 is 0. The number of likely N-dealkylation sites (tertiary alicyclic amines) is 1. The van der Waals surface area contributed by atoms with Gasteiger partial charge in [-0.2, -0.15) is 0 Å². The molecule has 1 rings (SSSR count). The standard InChI is InChI=1S/C17H29NO3/c1-14(10-13-19)6-5-7-15-8-11-18(12-9-15)16(20)21-17(2,3)4/h7,10,19H,5-6,8-9,11-13H2,1-4H3/b14-10-.